The van der Waals surface area contributed by atoms with Crippen molar-refractivity contribution in [1.29, 1.82) is 5.26 Å². The summed E-state index contributed by atoms with van der Waals surface area (Å²) in [5.41, 5.74) is 2.11. The first-order chi connectivity index (χ1) is 7.36. The Labute approximate surface area is 87.4 Å². The molecule has 1 N–H and O–H groups in total. The predicted molar refractivity (Wildman–Crippen MR) is 58.5 cm³/mol. The fraction of sp³-hybridized carbons (Fsp3) is 0.167. The smallest absolute Gasteiger partial charge is 0.131 e. The van der Waals surface area contributed by atoms with Gasteiger partial charge in [-0.3, -0.25) is 0 Å². The molecule has 3 nitrogen and oxygen atoms in total. The van der Waals surface area contributed by atoms with E-state index < -0.39 is 0 Å². The Morgan fingerprint density at radius 2 is 2.27 bits per heavy atom. The van der Waals surface area contributed by atoms with Crippen molar-refractivity contribution in [2.45, 2.75) is 12.5 Å². The third-order valence-corrected chi connectivity index (χ3v) is 2.69. The summed E-state index contributed by atoms with van der Waals surface area (Å²) in [4.78, 5) is 4.49. The Bertz CT molecular complexity index is 524. The maximum atomic E-state index is 8.84. The van der Waals surface area contributed by atoms with Crippen LogP contribution in [-0.2, 0) is 6.42 Å². The van der Waals surface area contributed by atoms with E-state index in [1.807, 2.05) is 24.3 Å². The minimum atomic E-state index is -0.121. The Morgan fingerprint density at radius 1 is 1.40 bits per heavy atom. The van der Waals surface area contributed by atoms with Gasteiger partial charge in [-0.25, -0.2) is 4.98 Å². The summed E-state index contributed by atoms with van der Waals surface area (Å²) in [6.45, 7) is 0. The number of hydrogen-bond donors (Lipinski definition) is 1. The molecule has 0 fully saturated rings. The van der Waals surface area contributed by atoms with Crippen LogP contribution in [0.4, 0.5) is 5.82 Å². The van der Waals surface area contributed by atoms with Gasteiger partial charge in [-0.05, 0) is 17.7 Å². The summed E-state index contributed by atoms with van der Waals surface area (Å²) >= 11 is 0. The fourth-order valence-electron chi connectivity index (χ4n) is 1.95. The maximum Gasteiger partial charge on any atom is 0.131 e. The quantitative estimate of drug-likeness (QED) is 0.700. The zero-order valence-electron chi connectivity index (χ0n) is 8.07. The fourth-order valence-corrected chi connectivity index (χ4v) is 1.95. The first-order valence-electron chi connectivity index (χ1n) is 4.91. The average Bonchev–Trinajstić information content (AvgIpc) is 2.67. The van der Waals surface area contributed by atoms with Crippen molar-refractivity contribution in [3.63, 3.8) is 0 Å². The summed E-state index contributed by atoms with van der Waals surface area (Å²) in [7, 11) is 0. The summed E-state index contributed by atoms with van der Waals surface area (Å²) in [6, 6.07) is 12.2. The van der Waals surface area contributed by atoms with Gasteiger partial charge in [-0.2, -0.15) is 5.26 Å². The van der Waals surface area contributed by atoms with E-state index in [0.717, 1.165) is 28.7 Å². The third-order valence-electron chi connectivity index (χ3n) is 2.69. The molecule has 0 bridgehead atoms. The maximum absolute atomic E-state index is 8.84. The van der Waals surface area contributed by atoms with E-state index in [9.17, 15) is 0 Å². The molecule has 1 aliphatic heterocycles. The molecular weight excluding hydrogens is 186 g/mol. The summed E-state index contributed by atoms with van der Waals surface area (Å²) in [5, 5.41) is 13.1. The molecule has 3 rings (SSSR count). The molecule has 2 aromatic rings. The average molecular weight is 195 g/mol. The van der Waals surface area contributed by atoms with E-state index in [-0.39, 0.29) is 6.04 Å². The molecule has 1 aromatic carbocycles. The number of para-hydroxylation sites is 1. The highest BCUT2D eigenvalue weighted by atomic mass is 15.0. The van der Waals surface area contributed by atoms with Crippen LogP contribution in [0.2, 0.25) is 0 Å². The summed E-state index contributed by atoms with van der Waals surface area (Å²) in [6.07, 6.45) is 0.754. The molecule has 72 valence electrons. The molecular formula is C12H9N3. The summed E-state index contributed by atoms with van der Waals surface area (Å²) < 4.78 is 0. The molecule has 1 aromatic heterocycles. The van der Waals surface area contributed by atoms with Crippen LogP contribution >= 0.6 is 0 Å². The molecule has 0 saturated heterocycles. The molecule has 15 heavy (non-hydrogen) atoms. The van der Waals surface area contributed by atoms with Crippen LogP contribution in [0.5, 0.6) is 0 Å². The largest absolute Gasteiger partial charge is 0.354 e. The number of fused-ring (bicyclic) bond motifs is 2. The Balaban J connectivity index is 2.19. The number of hydrogen-bond acceptors (Lipinski definition) is 3. The second kappa shape index (κ2) is 2.96. The van der Waals surface area contributed by atoms with E-state index in [1.165, 1.54) is 0 Å². The zero-order valence-corrected chi connectivity index (χ0v) is 8.07. The van der Waals surface area contributed by atoms with Gasteiger partial charge in [-0.15, -0.1) is 0 Å². The predicted octanol–water partition coefficient (Wildman–Crippen LogP) is 2.09. The summed E-state index contributed by atoms with van der Waals surface area (Å²) in [5.74, 6) is 0.861. The lowest BCUT2D eigenvalue weighted by Crippen LogP contribution is -2.11. The third kappa shape index (κ3) is 1.23. The highest BCUT2D eigenvalue weighted by Gasteiger charge is 2.21. The number of nitriles is 1. The molecule has 0 saturated carbocycles. The molecule has 1 aliphatic rings. The molecule has 1 atom stereocenters. The molecule has 3 heteroatoms. The van der Waals surface area contributed by atoms with E-state index in [0.29, 0.717) is 0 Å². The molecule has 0 radical (unpaired) electrons. The first-order valence-corrected chi connectivity index (χ1v) is 4.91. The van der Waals surface area contributed by atoms with Crippen molar-refractivity contribution in [1.82, 2.24) is 4.98 Å². The van der Waals surface area contributed by atoms with Gasteiger partial charge in [0, 0.05) is 11.8 Å². The van der Waals surface area contributed by atoms with Crippen LogP contribution in [0.3, 0.4) is 0 Å². The van der Waals surface area contributed by atoms with Gasteiger partial charge in [0.05, 0.1) is 11.6 Å². The van der Waals surface area contributed by atoms with E-state index >= 15 is 0 Å². The lowest BCUT2D eigenvalue weighted by Gasteiger charge is -2.01. The SMILES string of the molecule is N#CC1Cc2cc3ccccc3nc2N1. The van der Waals surface area contributed by atoms with Crippen LogP contribution in [0.1, 0.15) is 5.56 Å². The molecule has 0 aliphatic carbocycles. The monoisotopic (exact) mass is 195 g/mol. The zero-order chi connectivity index (χ0) is 10.3. The number of pyridine rings is 1. The van der Waals surface area contributed by atoms with Crippen LogP contribution in [-0.4, -0.2) is 11.0 Å². The first kappa shape index (κ1) is 8.25. The molecule has 0 spiro atoms. The number of rotatable bonds is 0. The van der Waals surface area contributed by atoms with E-state index in [1.54, 1.807) is 0 Å². The van der Waals surface area contributed by atoms with Crippen molar-refractivity contribution >= 4 is 16.7 Å². The minimum Gasteiger partial charge on any atom is -0.354 e. The van der Waals surface area contributed by atoms with Crippen LogP contribution in [0.25, 0.3) is 10.9 Å². The van der Waals surface area contributed by atoms with Gasteiger partial charge in [0.1, 0.15) is 11.9 Å². The van der Waals surface area contributed by atoms with Gasteiger partial charge in [0.25, 0.3) is 0 Å². The molecule has 2 heterocycles. The number of nitrogens with one attached hydrogen (secondary N) is 1. The number of anilines is 1. The lowest BCUT2D eigenvalue weighted by molar-refractivity contribution is 0.937. The topological polar surface area (TPSA) is 48.7 Å². The Kier molecular flexibility index (Phi) is 1.63. The van der Waals surface area contributed by atoms with Gasteiger partial charge < -0.3 is 5.32 Å². The van der Waals surface area contributed by atoms with Gasteiger partial charge >= 0.3 is 0 Å². The van der Waals surface area contributed by atoms with Crippen LogP contribution < -0.4 is 5.32 Å². The van der Waals surface area contributed by atoms with Crippen molar-refractivity contribution in [2.75, 3.05) is 5.32 Å². The number of nitrogens with zero attached hydrogens (tertiary/aromatic N) is 2. The van der Waals surface area contributed by atoms with Crippen LogP contribution in [0, 0.1) is 11.3 Å². The van der Waals surface area contributed by atoms with Crippen LogP contribution in [0.15, 0.2) is 30.3 Å². The highest BCUT2D eigenvalue weighted by Crippen LogP contribution is 2.27. The van der Waals surface area contributed by atoms with E-state index in [2.05, 4.69) is 22.4 Å². The van der Waals surface area contributed by atoms with Gasteiger partial charge in [-0.1, -0.05) is 18.2 Å². The normalized spacial score (nSPS) is 18.2. The highest BCUT2D eigenvalue weighted by molar-refractivity contribution is 5.82. The Morgan fingerprint density at radius 3 is 3.13 bits per heavy atom. The van der Waals surface area contributed by atoms with Crippen molar-refractivity contribution in [3.05, 3.63) is 35.9 Å². The van der Waals surface area contributed by atoms with Gasteiger partial charge in [0.2, 0.25) is 0 Å². The molecule has 1 unspecified atom stereocenters. The van der Waals surface area contributed by atoms with E-state index in [4.69, 9.17) is 5.26 Å². The van der Waals surface area contributed by atoms with Gasteiger partial charge in [0.15, 0.2) is 0 Å². The number of benzene rings is 1. The minimum absolute atomic E-state index is 0.121. The van der Waals surface area contributed by atoms with Crippen molar-refractivity contribution in [3.8, 4) is 6.07 Å². The second-order valence-electron chi connectivity index (χ2n) is 3.72. The van der Waals surface area contributed by atoms with Crippen molar-refractivity contribution in [2.24, 2.45) is 0 Å². The number of aromatic nitrogens is 1. The molecule has 0 amide bonds. The second-order valence-corrected chi connectivity index (χ2v) is 3.72. The lowest BCUT2D eigenvalue weighted by atomic mass is 10.1. The Hall–Kier alpha value is -2.08. The standard InChI is InChI=1S/C12H9N3/c13-7-10-6-9-5-8-3-1-2-4-11(8)15-12(9)14-10/h1-5,10H,6H2,(H,14,15). The van der Waals surface area contributed by atoms with Crippen molar-refractivity contribution < 1.29 is 0 Å².